The van der Waals surface area contributed by atoms with Crippen molar-refractivity contribution in [3.63, 3.8) is 0 Å². The number of imidazole rings is 1. The van der Waals surface area contributed by atoms with E-state index < -0.39 is 11.9 Å². The maximum atomic E-state index is 12.3. The number of carbonyl (C=O) groups is 2. The summed E-state index contributed by atoms with van der Waals surface area (Å²) < 4.78 is 9.65. The van der Waals surface area contributed by atoms with Gasteiger partial charge in [0, 0.05) is 11.9 Å². The summed E-state index contributed by atoms with van der Waals surface area (Å²) in [4.78, 5) is 33.2. The molecule has 1 aliphatic heterocycles. The molecular formula is C17H15N3O4. The first-order valence-corrected chi connectivity index (χ1v) is 7.14. The third-order valence-electron chi connectivity index (χ3n) is 3.57. The Labute approximate surface area is 137 Å². The summed E-state index contributed by atoms with van der Waals surface area (Å²) in [6.07, 6.45) is 8.16. The number of allylic oxidation sites excluding steroid dienone is 2. The molecule has 0 aliphatic carbocycles. The number of nitrogens with zero attached hydrogens (tertiary/aromatic N) is 2. The van der Waals surface area contributed by atoms with Gasteiger partial charge in [-0.1, -0.05) is 6.08 Å². The van der Waals surface area contributed by atoms with Gasteiger partial charge in [0.1, 0.15) is 5.70 Å². The molecule has 24 heavy (non-hydrogen) atoms. The Morgan fingerprint density at radius 3 is 2.67 bits per heavy atom. The van der Waals surface area contributed by atoms with E-state index in [1.165, 1.54) is 20.3 Å². The largest absolute Gasteiger partial charge is 0.465 e. The molecule has 1 N–H and O–H groups in total. The lowest BCUT2D eigenvalue weighted by Crippen LogP contribution is -2.26. The number of methoxy groups -OCH3 is 2. The lowest BCUT2D eigenvalue weighted by molar-refractivity contribution is -0.139. The highest BCUT2D eigenvalue weighted by atomic mass is 16.5. The average Bonchev–Trinajstić information content (AvgIpc) is 2.97. The van der Waals surface area contributed by atoms with E-state index in [2.05, 4.69) is 9.97 Å². The summed E-state index contributed by atoms with van der Waals surface area (Å²) in [5.74, 6) is -1.26. The highest BCUT2D eigenvalue weighted by molar-refractivity contribution is 6.05. The molecule has 0 fully saturated rings. The first-order chi connectivity index (χ1) is 11.7. The van der Waals surface area contributed by atoms with Crippen LogP contribution in [0.2, 0.25) is 0 Å². The first kappa shape index (κ1) is 15.5. The number of esters is 2. The molecule has 3 rings (SSSR count). The second kappa shape index (κ2) is 6.41. The van der Waals surface area contributed by atoms with Crippen molar-refractivity contribution in [1.82, 2.24) is 9.97 Å². The molecule has 0 radical (unpaired) electrons. The average molecular weight is 325 g/mol. The van der Waals surface area contributed by atoms with Crippen LogP contribution in [0.5, 0.6) is 0 Å². The molecule has 2 heterocycles. The first-order valence-electron chi connectivity index (χ1n) is 7.14. The Balaban J connectivity index is 2.18. The number of anilines is 1. The second-order valence-electron chi connectivity index (χ2n) is 4.92. The van der Waals surface area contributed by atoms with Gasteiger partial charge in [0.2, 0.25) is 0 Å². The van der Waals surface area contributed by atoms with Gasteiger partial charge in [0.15, 0.2) is 0 Å². The van der Waals surface area contributed by atoms with Crippen LogP contribution >= 0.6 is 0 Å². The Morgan fingerprint density at radius 1 is 1.12 bits per heavy atom. The lowest BCUT2D eigenvalue weighted by Gasteiger charge is -2.23. The van der Waals surface area contributed by atoms with E-state index in [1.807, 2.05) is 12.1 Å². The molecule has 2 aromatic rings. The summed E-state index contributed by atoms with van der Waals surface area (Å²) in [5, 5.41) is 0. The number of ether oxygens (including phenoxy) is 2. The molecule has 1 aromatic carbocycles. The topological polar surface area (TPSA) is 84.5 Å². The van der Waals surface area contributed by atoms with E-state index in [1.54, 1.807) is 35.6 Å². The summed E-state index contributed by atoms with van der Waals surface area (Å²) in [6, 6.07) is 5.45. The number of hydrogen-bond acceptors (Lipinski definition) is 6. The lowest BCUT2D eigenvalue weighted by atomic mass is 10.1. The van der Waals surface area contributed by atoms with Crippen molar-refractivity contribution in [3.8, 4) is 0 Å². The minimum absolute atomic E-state index is 0.0771. The van der Waals surface area contributed by atoms with Crippen molar-refractivity contribution in [2.45, 2.75) is 0 Å². The van der Waals surface area contributed by atoms with E-state index in [0.717, 1.165) is 11.0 Å². The number of aromatic amines is 1. The van der Waals surface area contributed by atoms with Crippen molar-refractivity contribution in [2.24, 2.45) is 0 Å². The van der Waals surface area contributed by atoms with E-state index in [0.29, 0.717) is 5.69 Å². The van der Waals surface area contributed by atoms with Gasteiger partial charge >= 0.3 is 11.9 Å². The van der Waals surface area contributed by atoms with Crippen LogP contribution in [0.3, 0.4) is 0 Å². The highest BCUT2D eigenvalue weighted by Gasteiger charge is 2.27. The van der Waals surface area contributed by atoms with Crippen molar-refractivity contribution in [3.05, 3.63) is 60.2 Å². The zero-order valence-corrected chi connectivity index (χ0v) is 13.1. The number of H-pyrrole nitrogens is 1. The fourth-order valence-corrected chi connectivity index (χ4v) is 2.44. The maximum Gasteiger partial charge on any atom is 0.355 e. The number of fused-ring (bicyclic) bond motifs is 1. The minimum atomic E-state index is -0.642. The van der Waals surface area contributed by atoms with E-state index in [-0.39, 0.29) is 11.3 Å². The zero-order valence-electron chi connectivity index (χ0n) is 13.1. The molecule has 0 spiro atoms. The van der Waals surface area contributed by atoms with Gasteiger partial charge in [-0.25, -0.2) is 14.6 Å². The number of rotatable bonds is 3. The normalized spacial score (nSPS) is 14.0. The Morgan fingerprint density at radius 2 is 1.92 bits per heavy atom. The number of hydrogen-bond donors (Lipinski definition) is 1. The van der Waals surface area contributed by atoms with Crippen LogP contribution in [0.1, 0.15) is 0 Å². The van der Waals surface area contributed by atoms with Crippen LogP contribution in [0.4, 0.5) is 5.69 Å². The van der Waals surface area contributed by atoms with Crippen LogP contribution in [0.25, 0.3) is 11.0 Å². The summed E-state index contributed by atoms with van der Waals surface area (Å²) >= 11 is 0. The molecule has 0 saturated heterocycles. The van der Waals surface area contributed by atoms with Gasteiger partial charge in [-0.3, -0.25) is 0 Å². The Kier molecular flexibility index (Phi) is 4.15. The predicted molar refractivity (Wildman–Crippen MR) is 87.9 cm³/mol. The minimum Gasteiger partial charge on any atom is -0.465 e. The third-order valence-corrected chi connectivity index (χ3v) is 3.57. The molecule has 1 aliphatic rings. The van der Waals surface area contributed by atoms with Gasteiger partial charge in [0.25, 0.3) is 0 Å². The van der Waals surface area contributed by atoms with E-state index in [9.17, 15) is 9.59 Å². The molecule has 0 saturated carbocycles. The van der Waals surface area contributed by atoms with Crippen LogP contribution in [0, 0.1) is 0 Å². The van der Waals surface area contributed by atoms with E-state index >= 15 is 0 Å². The van der Waals surface area contributed by atoms with Gasteiger partial charge in [-0.2, -0.15) is 0 Å². The van der Waals surface area contributed by atoms with Crippen molar-refractivity contribution in [2.75, 3.05) is 19.1 Å². The van der Waals surface area contributed by atoms with Crippen LogP contribution in [-0.4, -0.2) is 36.1 Å². The summed E-state index contributed by atoms with van der Waals surface area (Å²) in [5.41, 5.74) is 2.47. The Bertz CT molecular complexity index is 892. The predicted octanol–water partition coefficient (Wildman–Crippen LogP) is 2.05. The fraction of sp³-hybridized carbons (Fsp3) is 0.118. The van der Waals surface area contributed by atoms with Gasteiger partial charge in [0.05, 0.1) is 37.2 Å². The molecule has 1 aromatic heterocycles. The van der Waals surface area contributed by atoms with Crippen molar-refractivity contribution < 1.29 is 19.1 Å². The monoisotopic (exact) mass is 325 g/mol. The molecule has 0 bridgehead atoms. The maximum absolute atomic E-state index is 12.3. The van der Waals surface area contributed by atoms with Crippen molar-refractivity contribution >= 4 is 28.7 Å². The molecule has 0 unspecified atom stereocenters. The molecule has 0 atom stereocenters. The van der Waals surface area contributed by atoms with Crippen LogP contribution in [0.15, 0.2) is 60.2 Å². The summed E-state index contributed by atoms with van der Waals surface area (Å²) in [7, 11) is 2.52. The van der Waals surface area contributed by atoms with Gasteiger partial charge in [-0.05, 0) is 30.4 Å². The van der Waals surface area contributed by atoms with Gasteiger partial charge < -0.3 is 19.4 Å². The number of benzene rings is 1. The standard InChI is InChI=1S/C17H15N3O4/c1-23-16(21)12-5-3-4-8-20(15(12)17(22)24-2)11-6-7-13-14(9-11)19-10-18-13/h3-10H,1-2H3,(H,18,19). The quantitative estimate of drug-likeness (QED) is 0.870. The molecule has 0 amide bonds. The zero-order chi connectivity index (χ0) is 17.1. The molecule has 7 nitrogen and oxygen atoms in total. The Hall–Kier alpha value is -3.35. The second-order valence-corrected chi connectivity index (χ2v) is 4.92. The van der Waals surface area contributed by atoms with Crippen molar-refractivity contribution in [1.29, 1.82) is 0 Å². The third kappa shape index (κ3) is 2.67. The fourth-order valence-electron chi connectivity index (χ4n) is 2.44. The molecular weight excluding hydrogens is 310 g/mol. The van der Waals surface area contributed by atoms with Crippen LogP contribution < -0.4 is 4.90 Å². The molecule has 122 valence electrons. The summed E-state index contributed by atoms with van der Waals surface area (Å²) in [6.45, 7) is 0. The number of carbonyl (C=O) groups excluding carboxylic acids is 2. The molecule has 7 heteroatoms. The number of nitrogens with one attached hydrogen (secondary N) is 1. The highest BCUT2D eigenvalue weighted by Crippen LogP contribution is 2.28. The number of aromatic nitrogens is 2. The smallest absolute Gasteiger partial charge is 0.355 e. The van der Waals surface area contributed by atoms with Gasteiger partial charge in [-0.15, -0.1) is 0 Å². The SMILES string of the molecule is COC(=O)C1=C(C(=O)OC)N(c2ccc3nc[nH]c3c2)C=CC=C1. The van der Waals surface area contributed by atoms with E-state index in [4.69, 9.17) is 9.47 Å². The van der Waals surface area contributed by atoms with Crippen LogP contribution in [-0.2, 0) is 19.1 Å².